The SMILES string of the molecule is O=C(Nc1cc(F)c(I)c(F)c1)C1CCNC1. The number of nitrogens with one attached hydrogen (secondary N) is 2. The van der Waals surface area contributed by atoms with Gasteiger partial charge in [-0.1, -0.05) is 0 Å². The van der Waals surface area contributed by atoms with E-state index in [4.69, 9.17) is 0 Å². The van der Waals surface area contributed by atoms with Crippen molar-refractivity contribution in [2.75, 3.05) is 18.4 Å². The highest BCUT2D eigenvalue weighted by molar-refractivity contribution is 14.1. The lowest BCUT2D eigenvalue weighted by Gasteiger charge is -2.10. The highest BCUT2D eigenvalue weighted by Crippen LogP contribution is 2.21. The maximum absolute atomic E-state index is 13.3. The molecule has 0 spiro atoms. The van der Waals surface area contributed by atoms with E-state index in [9.17, 15) is 13.6 Å². The molecule has 1 unspecified atom stereocenters. The number of carbonyl (C=O) groups is 1. The fourth-order valence-electron chi connectivity index (χ4n) is 1.75. The summed E-state index contributed by atoms with van der Waals surface area (Å²) in [6, 6.07) is 2.26. The van der Waals surface area contributed by atoms with Crippen molar-refractivity contribution in [3.63, 3.8) is 0 Å². The van der Waals surface area contributed by atoms with Crippen LogP contribution in [0.5, 0.6) is 0 Å². The Morgan fingerprint density at radius 1 is 1.41 bits per heavy atom. The van der Waals surface area contributed by atoms with Crippen molar-refractivity contribution in [3.8, 4) is 0 Å². The topological polar surface area (TPSA) is 41.1 Å². The number of hydrogen-bond donors (Lipinski definition) is 2. The van der Waals surface area contributed by atoms with E-state index in [1.807, 2.05) is 0 Å². The summed E-state index contributed by atoms with van der Waals surface area (Å²) in [7, 11) is 0. The molecule has 1 atom stereocenters. The zero-order chi connectivity index (χ0) is 12.4. The molecule has 0 radical (unpaired) electrons. The molecule has 1 amide bonds. The van der Waals surface area contributed by atoms with Crippen LogP contribution in [0.15, 0.2) is 12.1 Å². The summed E-state index contributed by atoms with van der Waals surface area (Å²) in [6.45, 7) is 1.41. The second-order valence-corrected chi connectivity index (χ2v) is 5.01. The molecule has 1 aliphatic heterocycles. The molecule has 1 saturated heterocycles. The molecule has 17 heavy (non-hydrogen) atoms. The van der Waals surface area contributed by atoms with Gasteiger partial charge in [0.2, 0.25) is 5.91 Å². The smallest absolute Gasteiger partial charge is 0.228 e. The second-order valence-electron chi connectivity index (χ2n) is 3.93. The molecule has 3 nitrogen and oxygen atoms in total. The zero-order valence-corrected chi connectivity index (χ0v) is 11.1. The average molecular weight is 352 g/mol. The third kappa shape index (κ3) is 2.92. The monoisotopic (exact) mass is 352 g/mol. The van der Waals surface area contributed by atoms with Crippen molar-refractivity contribution in [1.29, 1.82) is 0 Å². The first-order chi connectivity index (χ1) is 8.08. The van der Waals surface area contributed by atoms with Gasteiger partial charge >= 0.3 is 0 Å². The fourth-order valence-corrected chi connectivity index (χ4v) is 2.06. The maximum Gasteiger partial charge on any atom is 0.228 e. The predicted octanol–water partition coefficient (Wildman–Crippen LogP) is 2.12. The maximum atomic E-state index is 13.3. The van der Waals surface area contributed by atoms with E-state index in [1.54, 1.807) is 22.6 Å². The van der Waals surface area contributed by atoms with Crippen LogP contribution in [0.4, 0.5) is 14.5 Å². The predicted molar refractivity (Wildman–Crippen MR) is 68.7 cm³/mol. The van der Waals surface area contributed by atoms with Gasteiger partial charge in [0, 0.05) is 12.2 Å². The van der Waals surface area contributed by atoms with Crippen molar-refractivity contribution in [2.24, 2.45) is 5.92 Å². The Balaban J connectivity index is 2.10. The first-order valence-electron chi connectivity index (χ1n) is 5.24. The van der Waals surface area contributed by atoms with Gasteiger partial charge in [-0.05, 0) is 47.7 Å². The molecule has 1 aliphatic rings. The Kier molecular flexibility index (Phi) is 3.93. The molecule has 6 heteroatoms. The minimum Gasteiger partial charge on any atom is -0.326 e. The molecule has 1 heterocycles. The molecule has 0 aliphatic carbocycles. The van der Waals surface area contributed by atoms with Gasteiger partial charge in [0.05, 0.1) is 9.49 Å². The number of rotatable bonds is 2. The van der Waals surface area contributed by atoms with Crippen molar-refractivity contribution in [3.05, 3.63) is 27.3 Å². The number of anilines is 1. The summed E-state index contributed by atoms with van der Waals surface area (Å²) in [4.78, 5) is 11.7. The first-order valence-corrected chi connectivity index (χ1v) is 6.32. The van der Waals surface area contributed by atoms with Gasteiger partial charge in [-0.25, -0.2) is 8.78 Å². The molecule has 2 rings (SSSR count). The third-order valence-electron chi connectivity index (χ3n) is 2.68. The van der Waals surface area contributed by atoms with Crippen LogP contribution in [0, 0.1) is 21.1 Å². The highest BCUT2D eigenvalue weighted by atomic mass is 127. The Morgan fingerprint density at radius 3 is 2.59 bits per heavy atom. The largest absolute Gasteiger partial charge is 0.326 e. The van der Waals surface area contributed by atoms with Crippen molar-refractivity contribution in [2.45, 2.75) is 6.42 Å². The highest BCUT2D eigenvalue weighted by Gasteiger charge is 2.22. The molecule has 1 fully saturated rings. The van der Waals surface area contributed by atoms with Crippen LogP contribution in [0.2, 0.25) is 0 Å². The van der Waals surface area contributed by atoms with E-state index in [-0.39, 0.29) is 21.1 Å². The zero-order valence-electron chi connectivity index (χ0n) is 8.90. The van der Waals surface area contributed by atoms with Crippen LogP contribution in [0.1, 0.15) is 6.42 Å². The molecule has 1 aromatic rings. The average Bonchev–Trinajstić information content (AvgIpc) is 2.79. The van der Waals surface area contributed by atoms with E-state index in [0.717, 1.165) is 25.1 Å². The van der Waals surface area contributed by atoms with E-state index in [1.165, 1.54) is 0 Å². The van der Waals surface area contributed by atoms with Crippen molar-refractivity contribution >= 4 is 34.2 Å². The lowest BCUT2D eigenvalue weighted by molar-refractivity contribution is -0.119. The van der Waals surface area contributed by atoms with Crippen LogP contribution >= 0.6 is 22.6 Å². The summed E-state index contributed by atoms with van der Waals surface area (Å²) in [5.74, 6) is -1.65. The summed E-state index contributed by atoms with van der Waals surface area (Å²) in [5.41, 5.74) is 0.164. The molecule has 1 aromatic carbocycles. The lowest BCUT2D eigenvalue weighted by Crippen LogP contribution is -2.24. The normalized spacial score (nSPS) is 19.4. The standard InChI is InChI=1S/C11H11F2IN2O/c12-8-3-7(4-9(13)10(8)14)16-11(17)6-1-2-15-5-6/h3-4,6,15H,1-2,5H2,(H,16,17). The van der Waals surface area contributed by atoms with Crippen LogP contribution in [0.25, 0.3) is 0 Å². The minimum atomic E-state index is -0.662. The number of benzene rings is 1. The third-order valence-corrected chi connectivity index (χ3v) is 3.71. The second kappa shape index (κ2) is 5.26. The first kappa shape index (κ1) is 12.7. The molecule has 0 aromatic heterocycles. The lowest BCUT2D eigenvalue weighted by atomic mass is 10.1. The van der Waals surface area contributed by atoms with Crippen LogP contribution < -0.4 is 10.6 Å². The Morgan fingerprint density at radius 2 is 2.06 bits per heavy atom. The summed E-state index contributed by atoms with van der Waals surface area (Å²) in [6.07, 6.45) is 0.751. The molecular weight excluding hydrogens is 341 g/mol. The molecule has 0 bridgehead atoms. The van der Waals surface area contributed by atoms with Crippen molar-refractivity contribution in [1.82, 2.24) is 5.32 Å². The van der Waals surface area contributed by atoms with Gasteiger partial charge in [-0.2, -0.15) is 0 Å². The van der Waals surface area contributed by atoms with Crippen LogP contribution in [0.3, 0.4) is 0 Å². The van der Waals surface area contributed by atoms with Gasteiger partial charge in [0.25, 0.3) is 0 Å². The number of hydrogen-bond acceptors (Lipinski definition) is 2. The van der Waals surface area contributed by atoms with E-state index >= 15 is 0 Å². The van der Waals surface area contributed by atoms with Gasteiger partial charge in [-0.3, -0.25) is 4.79 Å². The van der Waals surface area contributed by atoms with Crippen LogP contribution in [-0.2, 0) is 4.79 Å². The Hall–Kier alpha value is -0.760. The molecule has 92 valence electrons. The summed E-state index contributed by atoms with van der Waals surface area (Å²) < 4.78 is 26.4. The minimum absolute atomic E-state index is 0.0665. The van der Waals surface area contributed by atoms with E-state index in [2.05, 4.69) is 10.6 Å². The van der Waals surface area contributed by atoms with E-state index in [0.29, 0.717) is 6.54 Å². The van der Waals surface area contributed by atoms with Crippen LogP contribution in [-0.4, -0.2) is 19.0 Å². The number of amides is 1. The molecule has 0 saturated carbocycles. The quantitative estimate of drug-likeness (QED) is 0.633. The fraction of sp³-hybridized carbons (Fsp3) is 0.364. The molecular formula is C11H11F2IN2O. The van der Waals surface area contributed by atoms with Gasteiger partial charge in [0.1, 0.15) is 11.6 Å². The summed E-state index contributed by atoms with van der Waals surface area (Å²) >= 11 is 1.58. The van der Waals surface area contributed by atoms with Gasteiger partial charge < -0.3 is 10.6 Å². The van der Waals surface area contributed by atoms with E-state index < -0.39 is 11.6 Å². The summed E-state index contributed by atoms with van der Waals surface area (Å²) in [5, 5.41) is 5.59. The Bertz CT molecular complexity index is 424. The number of carbonyl (C=O) groups excluding carboxylic acids is 1. The van der Waals surface area contributed by atoms with Crippen molar-refractivity contribution < 1.29 is 13.6 Å². The number of halogens is 3. The molecule has 2 N–H and O–H groups in total. The van der Waals surface area contributed by atoms with Gasteiger partial charge in [-0.15, -0.1) is 0 Å². The van der Waals surface area contributed by atoms with Gasteiger partial charge in [0.15, 0.2) is 0 Å². The Labute approximate surface area is 111 Å².